The summed E-state index contributed by atoms with van der Waals surface area (Å²) in [5, 5.41) is 2.88. The van der Waals surface area contributed by atoms with Crippen molar-refractivity contribution in [2.45, 2.75) is 19.4 Å². The van der Waals surface area contributed by atoms with Crippen LogP contribution in [0.2, 0.25) is 0 Å². The Balaban J connectivity index is 2.53. The van der Waals surface area contributed by atoms with E-state index in [9.17, 15) is 13.6 Å². The van der Waals surface area contributed by atoms with E-state index in [1.807, 2.05) is 0 Å². The smallest absolute Gasteiger partial charge is 0.247 e. The first-order valence-electron chi connectivity index (χ1n) is 6.44. The van der Waals surface area contributed by atoms with E-state index >= 15 is 0 Å². The molecule has 0 saturated heterocycles. The highest BCUT2D eigenvalue weighted by atomic mass is 19.1. The third kappa shape index (κ3) is 2.86. The molecule has 1 amide bonds. The molecule has 3 N–H and O–H groups in total. The number of hydrogen-bond acceptors (Lipinski definition) is 2. The first-order chi connectivity index (χ1) is 9.84. The number of hydrogen-bond donors (Lipinski definition) is 2. The topological polar surface area (TPSA) is 55.1 Å². The summed E-state index contributed by atoms with van der Waals surface area (Å²) in [6.07, 6.45) is 0. The second-order valence-electron chi connectivity index (χ2n) is 5.06. The number of anilines is 1. The summed E-state index contributed by atoms with van der Waals surface area (Å²) < 4.78 is 27.9. The van der Waals surface area contributed by atoms with Crippen molar-refractivity contribution in [3.8, 4) is 0 Å². The predicted molar refractivity (Wildman–Crippen MR) is 77.7 cm³/mol. The van der Waals surface area contributed by atoms with E-state index in [1.54, 1.807) is 30.3 Å². The molecule has 110 valence electrons. The Morgan fingerprint density at radius 1 is 1.14 bits per heavy atom. The lowest BCUT2D eigenvalue weighted by molar-refractivity contribution is -0.122. The third-order valence-electron chi connectivity index (χ3n) is 3.45. The molecule has 0 heterocycles. The van der Waals surface area contributed by atoms with Crippen LogP contribution in [-0.4, -0.2) is 5.91 Å². The van der Waals surface area contributed by atoms with Gasteiger partial charge in [-0.1, -0.05) is 18.2 Å². The van der Waals surface area contributed by atoms with Gasteiger partial charge in [0.15, 0.2) is 0 Å². The summed E-state index contributed by atoms with van der Waals surface area (Å²) in [6.45, 7) is 2.88. The maximum absolute atomic E-state index is 14.2. The normalized spacial score (nSPS) is 13.5. The fourth-order valence-electron chi connectivity index (χ4n) is 2.10. The molecule has 0 aromatic heterocycles. The van der Waals surface area contributed by atoms with Gasteiger partial charge < -0.3 is 11.1 Å². The van der Waals surface area contributed by atoms with Crippen molar-refractivity contribution in [3.05, 3.63) is 65.2 Å². The van der Waals surface area contributed by atoms with E-state index in [2.05, 4.69) is 5.32 Å². The van der Waals surface area contributed by atoms with E-state index in [0.29, 0.717) is 5.69 Å². The van der Waals surface area contributed by atoms with Gasteiger partial charge in [-0.3, -0.25) is 4.79 Å². The molecule has 0 aliphatic heterocycles. The van der Waals surface area contributed by atoms with Crippen LogP contribution in [-0.2, 0) is 10.3 Å². The minimum atomic E-state index is -1.56. The molecule has 3 nitrogen and oxygen atoms in total. The van der Waals surface area contributed by atoms with Crippen molar-refractivity contribution in [1.29, 1.82) is 0 Å². The van der Waals surface area contributed by atoms with E-state index < -0.39 is 23.1 Å². The lowest BCUT2D eigenvalue weighted by Gasteiger charge is -2.29. The fourth-order valence-corrected chi connectivity index (χ4v) is 2.10. The minimum absolute atomic E-state index is 0.123. The molecule has 0 radical (unpaired) electrons. The zero-order chi connectivity index (χ0) is 15.6. The molecule has 1 unspecified atom stereocenters. The van der Waals surface area contributed by atoms with Gasteiger partial charge in [0.05, 0.1) is 0 Å². The van der Waals surface area contributed by atoms with Crippen LogP contribution < -0.4 is 11.1 Å². The third-order valence-corrected chi connectivity index (χ3v) is 3.45. The van der Waals surface area contributed by atoms with Crippen molar-refractivity contribution >= 4 is 11.6 Å². The van der Waals surface area contributed by atoms with Gasteiger partial charge in [-0.2, -0.15) is 0 Å². The molecule has 0 aliphatic rings. The van der Waals surface area contributed by atoms with Crippen LogP contribution in [0, 0.1) is 18.6 Å². The van der Waals surface area contributed by atoms with Gasteiger partial charge in [-0.15, -0.1) is 0 Å². The summed E-state index contributed by atoms with van der Waals surface area (Å²) in [5.41, 5.74) is 4.49. The molecule has 0 spiro atoms. The van der Waals surface area contributed by atoms with Gasteiger partial charge >= 0.3 is 0 Å². The lowest BCUT2D eigenvalue weighted by Crippen LogP contribution is -2.46. The number of rotatable bonds is 4. The molecule has 0 saturated carbocycles. The number of amides is 1. The maximum atomic E-state index is 14.2. The highest BCUT2D eigenvalue weighted by Gasteiger charge is 2.36. The van der Waals surface area contributed by atoms with Crippen molar-refractivity contribution in [3.63, 3.8) is 0 Å². The van der Waals surface area contributed by atoms with Crippen LogP contribution in [0.5, 0.6) is 0 Å². The van der Waals surface area contributed by atoms with Gasteiger partial charge in [0.2, 0.25) is 5.91 Å². The predicted octanol–water partition coefficient (Wildman–Crippen LogP) is 3.09. The summed E-state index contributed by atoms with van der Waals surface area (Å²) in [5.74, 6) is -2.07. The van der Waals surface area contributed by atoms with Gasteiger partial charge in [-0.25, -0.2) is 8.78 Å². The molecule has 2 aromatic carbocycles. The number of aryl methyl sites for hydroxylation is 1. The Bertz CT molecular complexity index is 673. The molecule has 0 aliphatic carbocycles. The number of para-hydroxylation sites is 1. The highest BCUT2D eigenvalue weighted by molar-refractivity contribution is 5.89. The van der Waals surface area contributed by atoms with Crippen LogP contribution in [0.3, 0.4) is 0 Å². The van der Waals surface area contributed by atoms with Crippen LogP contribution in [0.1, 0.15) is 18.1 Å². The van der Waals surface area contributed by atoms with Gasteiger partial charge in [0, 0.05) is 11.3 Å². The summed E-state index contributed by atoms with van der Waals surface area (Å²) in [6, 6.07) is 10.8. The Labute approximate surface area is 121 Å². The Morgan fingerprint density at radius 2 is 1.76 bits per heavy atom. The van der Waals surface area contributed by atoms with Crippen molar-refractivity contribution in [2.24, 2.45) is 5.73 Å². The van der Waals surface area contributed by atoms with Crippen molar-refractivity contribution in [2.75, 3.05) is 5.32 Å². The molecule has 0 bridgehead atoms. The SMILES string of the molecule is Cc1cc(F)c(C(C)(Nc2ccccc2)C(N)=O)cc1F. The average molecular weight is 290 g/mol. The number of nitrogens with one attached hydrogen (secondary N) is 1. The van der Waals surface area contributed by atoms with Crippen LogP contribution in [0.15, 0.2) is 42.5 Å². The Kier molecular flexibility index (Phi) is 3.93. The quantitative estimate of drug-likeness (QED) is 0.909. The number of benzene rings is 2. The molecular weight excluding hydrogens is 274 g/mol. The number of carbonyl (C=O) groups is 1. The summed E-state index contributed by atoms with van der Waals surface area (Å²) >= 11 is 0. The summed E-state index contributed by atoms with van der Waals surface area (Å²) in [7, 11) is 0. The van der Waals surface area contributed by atoms with E-state index in [1.165, 1.54) is 13.8 Å². The highest BCUT2D eigenvalue weighted by Crippen LogP contribution is 2.29. The van der Waals surface area contributed by atoms with Gasteiger partial charge in [0.25, 0.3) is 0 Å². The van der Waals surface area contributed by atoms with E-state index in [4.69, 9.17) is 5.73 Å². The minimum Gasteiger partial charge on any atom is -0.368 e. The zero-order valence-corrected chi connectivity index (χ0v) is 11.8. The average Bonchev–Trinajstić information content (AvgIpc) is 2.43. The van der Waals surface area contributed by atoms with Crippen molar-refractivity contribution in [1.82, 2.24) is 0 Å². The Morgan fingerprint density at radius 3 is 2.33 bits per heavy atom. The number of halogens is 2. The van der Waals surface area contributed by atoms with Gasteiger partial charge in [0.1, 0.15) is 17.2 Å². The van der Waals surface area contributed by atoms with Crippen molar-refractivity contribution < 1.29 is 13.6 Å². The molecule has 0 fully saturated rings. The van der Waals surface area contributed by atoms with Gasteiger partial charge in [-0.05, 0) is 43.7 Å². The number of nitrogens with two attached hydrogens (primary N) is 1. The molecular formula is C16H16F2N2O. The number of carbonyl (C=O) groups excluding carboxylic acids is 1. The molecule has 5 heteroatoms. The first kappa shape index (κ1) is 15.0. The summed E-state index contributed by atoms with van der Waals surface area (Å²) in [4.78, 5) is 11.8. The molecule has 1 atom stereocenters. The monoisotopic (exact) mass is 290 g/mol. The lowest BCUT2D eigenvalue weighted by atomic mass is 9.89. The first-order valence-corrected chi connectivity index (χ1v) is 6.44. The maximum Gasteiger partial charge on any atom is 0.247 e. The number of primary amides is 1. The molecule has 2 aromatic rings. The molecule has 21 heavy (non-hydrogen) atoms. The largest absolute Gasteiger partial charge is 0.368 e. The molecule has 2 rings (SSSR count). The van der Waals surface area contributed by atoms with E-state index in [-0.39, 0.29) is 11.1 Å². The second-order valence-corrected chi connectivity index (χ2v) is 5.06. The second kappa shape index (κ2) is 5.52. The zero-order valence-electron chi connectivity index (χ0n) is 11.8. The Hall–Kier alpha value is -2.43. The van der Waals surface area contributed by atoms with Crippen LogP contribution in [0.4, 0.5) is 14.5 Å². The van der Waals surface area contributed by atoms with E-state index in [0.717, 1.165) is 12.1 Å². The van der Waals surface area contributed by atoms with Crippen LogP contribution >= 0.6 is 0 Å². The fraction of sp³-hybridized carbons (Fsp3) is 0.188. The van der Waals surface area contributed by atoms with Crippen LogP contribution in [0.25, 0.3) is 0 Å². The standard InChI is InChI=1S/C16H16F2N2O/c1-10-8-14(18)12(9-13(10)17)16(2,15(19)21)20-11-6-4-3-5-7-11/h3-9,20H,1-2H3,(H2,19,21).